The molecule has 0 fully saturated rings. The molecule has 2 aromatic rings. The molecule has 0 bridgehead atoms. The minimum atomic E-state index is -1.03. The summed E-state index contributed by atoms with van der Waals surface area (Å²) in [6.45, 7) is 0. The summed E-state index contributed by atoms with van der Waals surface area (Å²) in [5.41, 5.74) is 1.40. The van der Waals surface area contributed by atoms with E-state index in [9.17, 15) is 14.4 Å². The van der Waals surface area contributed by atoms with Crippen LogP contribution in [-0.2, 0) is 20.7 Å². The zero-order chi connectivity index (χ0) is 20.3. The van der Waals surface area contributed by atoms with E-state index in [1.165, 1.54) is 33.5 Å². The van der Waals surface area contributed by atoms with Crippen LogP contribution >= 0.6 is 0 Å². The number of benzene rings is 2. The summed E-state index contributed by atoms with van der Waals surface area (Å²) in [7, 11) is 4.09. The number of carbonyl (C=O) groups is 3. The van der Waals surface area contributed by atoms with Gasteiger partial charge in [0.15, 0.2) is 17.6 Å². The highest BCUT2D eigenvalue weighted by Gasteiger charge is 2.32. The van der Waals surface area contributed by atoms with E-state index >= 15 is 0 Å². The molecule has 0 saturated heterocycles. The summed E-state index contributed by atoms with van der Waals surface area (Å²) in [5.74, 6) is -1.18. The van der Waals surface area contributed by atoms with Crippen LogP contribution in [0.15, 0.2) is 36.4 Å². The monoisotopic (exact) mass is 385 g/mol. The quantitative estimate of drug-likeness (QED) is 0.788. The van der Waals surface area contributed by atoms with Crippen molar-refractivity contribution in [2.75, 3.05) is 26.6 Å². The van der Waals surface area contributed by atoms with Gasteiger partial charge in [-0.25, -0.2) is 9.59 Å². The van der Waals surface area contributed by atoms with Crippen LogP contribution in [0.2, 0.25) is 0 Å². The lowest BCUT2D eigenvalue weighted by Gasteiger charge is -2.24. The molecule has 1 atom stereocenters. The lowest BCUT2D eigenvalue weighted by Crippen LogP contribution is -2.38. The van der Waals surface area contributed by atoms with Gasteiger partial charge in [0.05, 0.1) is 38.1 Å². The van der Waals surface area contributed by atoms with Crippen LogP contribution in [0.4, 0.5) is 5.69 Å². The van der Waals surface area contributed by atoms with Crippen molar-refractivity contribution in [3.05, 3.63) is 53.1 Å². The predicted molar refractivity (Wildman–Crippen MR) is 98.9 cm³/mol. The second-order valence-corrected chi connectivity index (χ2v) is 5.99. The van der Waals surface area contributed by atoms with Gasteiger partial charge in [0.1, 0.15) is 0 Å². The number of amides is 1. The predicted octanol–water partition coefficient (Wildman–Crippen LogP) is 2.21. The van der Waals surface area contributed by atoms with Crippen LogP contribution in [0, 0.1) is 0 Å². The number of rotatable bonds is 5. The Labute approximate surface area is 161 Å². The normalized spacial score (nSPS) is 15.1. The number of methoxy groups -OCH3 is 3. The Kier molecular flexibility index (Phi) is 5.49. The van der Waals surface area contributed by atoms with Gasteiger partial charge < -0.3 is 24.3 Å². The lowest BCUT2D eigenvalue weighted by molar-refractivity contribution is -0.125. The van der Waals surface area contributed by atoms with E-state index in [4.69, 9.17) is 18.9 Å². The SMILES string of the molecule is COC(=O)c1cc(OC)c(OC)cc1NC(=O)[C@H]1Cc2ccccc2C(=O)O1. The molecule has 3 rings (SSSR count). The van der Waals surface area contributed by atoms with Gasteiger partial charge in [-0.15, -0.1) is 0 Å². The number of carbonyl (C=O) groups excluding carboxylic acids is 3. The average Bonchev–Trinajstić information content (AvgIpc) is 2.72. The summed E-state index contributed by atoms with van der Waals surface area (Å²) >= 11 is 0. The van der Waals surface area contributed by atoms with Crippen molar-refractivity contribution in [3.8, 4) is 11.5 Å². The molecular weight excluding hydrogens is 366 g/mol. The van der Waals surface area contributed by atoms with E-state index < -0.39 is 23.9 Å². The van der Waals surface area contributed by atoms with Crippen molar-refractivity contribution < 1.29 is 33.3 Å². The van der Waals surface area contributed by atoms with Gasteiger partial charge in [-0.2, -0.15) is 0 Å². The van der Waals surface area contributed by atoms with Crippen LogP contribution in [0.5, 0.6) is 11.5 Å². The van der Waals surface area contributed by atoms with Crippen LogP contribution in [0.25, 0.3) is 0 Å². The number of hydrogen-bond acceptors (Lipinski definition) is 7. The molecular formula is C20H19NO7. The zero-order valence-corrected chi connectivity index (χ0v) is 15.6. The van der Waals surface area contributed by atoms with Crippen LogP contribution in [0.1, 0.15) is 26.3 Å². The summed E-state index contributed by atoms with van der Waals surface area (Å²) in [6, 6.07) is 9.79. The lowest BCUT2D eigenvalue weighted by atomic mass is 9.98. The van der Waals surface area contributed by atoms with E-state index in [2.05, 4.69) is 5.32 Å². The van der Waals surface area contributed by atoms with Gasteiger partial charge in [0.2, 0.25) is 0 Å². The first kappa shape index (κ1) is 19.2. The number of nitrogens with one attached hydrogen (secondary N) is 1. The molecule has 0 spiro atoms. The molecule has 0 unspecified atom stereocenters. The minimum absolute atomic E-state index is 0.0797. The molecule has 8 nitrogen and oxygen atoms in total. The fourth-order valence-electron chi connectivity index (χ4n) is 2.95. The summed E-state index contributed by atoms with van der Waals surface area (Å²) in [6.07, 6.45) is -0.796. The number of esters is 2. The van der Waals surface area contributed by atoms with Crippen LogP contribution in [-0.4, -0.2) is 45.3 Å². The molecule has 1 amide bonds. The molecule has 1 N–H and O–H groups in total. The molecule has 1 aliphatic heterocycles. The Morgan fingerprint density at radius 3 is 2.43 bits per heavy atom. The Bertz CT molecular complexity index is 938. The van der Waals surface area contributed by atoms with Crippen molar-refractivity contribution in [1.82, 2.24) is 0 Å². The fraction of sp³-hybridized carbons (Fsp3) is 0.250. The third kappa shape index (κ3) is 3.62. The maximum Gasteiger partial charge on any atom is 0.340 e. The number of hydrogen-bond donors (Lipinski definition) is 1. The third-order valence-corrected chi connectivity index (χ3v) is 4.37. The fourth-order valence-corrected chi connectivity index (χ4v) is 2.95. The molecule has 0 saturated carbocycles. The number of cyclic esters (lactones) is 1. The van der Waals surface area contributed by atoms with Crippen LogP contribution < -0.4 is 14.8 Å². The van der Waals surface area contributed by atoms with E-state index in [0.717, 1.165) is 5.56 Å². The van der Waals surface area contributed by atoms with E-state index in [1.54, 1.807) is 24.3 Å². The summed E-state index contributed by atoms with van der Waals surface area (Å²) in [5, 5.41) is 2.62. The zero-order valence-electron chi connectivity index (χ0n) is 15.6. The van der Waals surface area contributed by atoms with Gasteiger partial charge >= 0.3 is 11.9 Å². The molecule has 28 heavy (non-hydrogen) atoms. The Morgan fingerprint density at radius 1 is 1.07 bits per heavy atom. The van der Waals surface area contributed by atoms with Crippen molar-refractivity contribution in [1.29, 1.82) is 0 Å². The second kappa shape index (κ2) is 7.99. The molecule has 0 aromatic heterocycles. The standard InChI is InChI=1S/C20H19NO7/c1-25-15-9-13(19(23)27-3)14(10-16(15)26-2)21-18(22)17-8-11-6-4-5-7-12(11)20(24)28-17/h4-7,9-10,17H,8H2,1-3H3,(H,21,22)/t17-/m1/s1. The van der Waals surface area contributed by atoms with E-state index in [0.29, 0.717) is 17.1 Å². The Morgan fingerprint density at radius 2 is 1.75 bits per heavy atom. The molecule has 0 aliphatic carbocycles. The number of fused-ring (bicyclic) bond motifs is 1. The van der Waals surface area contributed by atoms with E-state index in [1.807, 2.05) is 0 Å². The minimum Gasteiger partial charge on any atom is -0.493 e. The highest BCUT2D eigenvalue weighted by molar-refractivity contribution is 6.05. The average molecular weight is 385 g/mol. The largest absolute Gasteiger partial charge is 0.493 e. The van der Waals surface area contributed by atoms with Gasteiger partial charge in [0.25, 0.3) is 5.91 Å². The molecule has 146 valence electrons. The van der Waals surface area contributed by atoms with Crippen molar-refractivity contribution in [2.24, 2.45) is 0 Å². The van der Waals surface area contributed by atoms with Crippen LogP contribution in [0.3, 0.4) is 0 Å². The molecule has 1 heterocycles. The van der Waals surface area contributed by atoms with Crippen molar-refractivity contribution >= 4 is 23.5 Å². The van der Waals surface area contributed by atoms with Gasteiger partial charge in [0, 0.05) is 18.6 Å². The highest BCUT2D eigenvalue weighted by Crippen LogP contribution is 2.34. The molecule has 2 aromatic carbocycles. The van der Waals surface area contributed by atoms with Gasteiger partial charge in [-0.05, 0) is 11.6 Å². The highest BCUT2D eigenvalue weighted by atomic mass is 16.5. The third-order valence-electron chi connectivity index (χ3n) is 4.37. The number of ether oxygens (including phenoxy) is 4. The van der Waals surface area contributed by atoms with Crippen molar-refractivity contribution in [2.45, 2.75) is 12.5 Å². The summed E-state index contributed by atoms with van der Waals surface area (Å²) < 4.78 is 20.4. The molecule has 0 radical (unpaired) electrons. The van der Waals surface area contributed by atoms with Gasteiger partial charge in [-0.1, -0.05) is 18.2 Å². The molecule has 1 aliphatic rings. The first-order valence-corrected chi connectivity index (χ1v) is 8.42. The maximum atomic E-state index is 12.7. The first-order chi connectivity index (χ1) is 13.5. The number of anilines is 1. The molecule has 8 heteroatoms. The topological polar surface area (TPSA) is 100 Å². The first-order valence-electron chi connectivity index (χ1n) is 8.42. The second-order valence-electron chi connectivity index (χ2n) is 5.99. The van der Waals surface area contributed by atoms with Gasteiger partial charge in [-0.3, -0.25) is 4.79 Å². The Hall–Kier alpha value is -3.55. The maximum absolute atomic E-state index is 12.7. The Balaban J connectivity index is 1.89. The smallest absolute Gasteiger partial charge is 0.340 e. The van der Waals surface area contributed by atoms with Crippen molar-refractivity contribution in [3.63, 3.8) is 0 Å². The van der Waals surface area contributed by atoms with E-state index in [-0.39, 0.29) is 17.7 Å². The summed E-state index contributed by atoms with van der Waals surface area (Å²) in [4.78, 5) is 37.0.